The molecule has 0 radical (unpaired) electrons. The van der Waals surface area contributed by atoms with Gasteiger partial charge in [0.25, 0.3) is 0 Å². The van der Waals surface area contributed by atoms with Crippen molar-refractivity contribution in [1.29, 1.82) is 0 Å². The van der Waals surface area contributed by atoms with Gasteiger partial charge >= 0.3 is 0 Å². The van der Waals surface area contributed by atoms with Crippen LogP contribution in [-0.4, -0.2) is 54.1 Å². The van der Waals surface area contributed by atoms with Crippen molar-refractivity contribution >= 4 is 17.0 Å². The van der Waals surface area contributed by atoms with Crippen molar-refractivity contribution in [2.24, 2.45) is 0 Å². The summed E-state index contributed by atoms with van der Waals surface area (Å²) in [6, 6.07) is 0. The van der Waals surface area contributed by atoms with Crippen LogP contribution >= 0.6 is 0 Å². The molecular weight excluding hydrogens is 278 g/mol. The van der Waals surface area contributed by atoms with Gasteiger partial charge in [-0.15, -0.1) is 0 Å². The number of imidazole rings is 1. The zero-order chi connectivity index (χ0) is 14.6. The topological polar surface area (TPSA) is 129 Å². The van der Waals surface area contributed by atoms with E-state index in [0.717, 1.165) is 0 Å². The number of hydrogen-bond acceptors (Lipinski definition) is 8. The van der Waals surface area contributed by atoms with Gasteiger partial charge in [-0.2, -0.15) is 0 Å². The molecule has 2 aliphatic heterocycles. The van der Waals surface area contributed by atoms with E-state index in [4.69, 9.17) is 15.2 Å². The van der Waals surface area contributed by atoms with Crippen LogP contribution in [0.1, 0.15) is 6.23 Å². The maximum absolute atomic E-state index is 10.2. The van der Waals surface area contributed by atoms with Crippen LogP contribution < -0.4 is 5.73 Å². The molecule has 2 aromatic heterocycles. The lowest BCUT2D eigenvalue weighted by molar-refractivity contribution is -0.0842. The first kappa shape index (κ1) is 12.5. The number of fused-ring (bicyclic) bond motifs is 1. The van der Waals surface area contributed by atoms with Crippen molar-refractivity contribution in [2.45, 2.75) is 30.6 Å². The minimum absolute atomic E-state index is 0.244. The smallest absolute Gasteiger partial charge is 0.167 e. The molecule has 2 aromatic rings. The lowest BCUT2D eigenvalue weighted by Gasteiger charge is -2.27. The zero-order valence-corrected chi connectivity index (χ0v) is 10.8. The van der Waals surface area contributed by atoms with Crippen LogP contribution in [0, 0.1) is 0 Å². The molecule has 1 unspecified atom stereocenters. The quantitative estimate of drug-likeness (QED) is 0.638. The van der Waals surface area contributed by atoms with E-state index in [1.54, 1.807) is 6.08 Å². The van der Waals surface area contributed by atoms with Gasteiger partial charge in [0.2, 0.25) is 0 Å². The fourth-order valence-corrected chi connectivity index (χ4v) is 2.60. The van der Waals surface area contributed by atoms with Crippen LogP contribution in [0.5, 0.6) is 0 Å². The lowest BCUT2D eigenvalue weighted by atomic mass is 10.0. The second-order valence-electron chi connectivity index (χ2n) is 4.98. The number of anilines is 1. The van der Waals surface area contributed by atoms with Gasteiger partial charge in [-0.3, -0.25) is 4.57 Å². The minimum Gasteiger partial charge on any atom is -0.491 e. The molecule has 4 rings (SSSR count). The Morgan fingerprint density at radius 3 is 2.71 bits per heavy atom. The SMILES string of the molecule is Nc1ncnc2c1ncn2[C@@H]1O[C@H](C2C=CO2)[C@@H](O)[C@H]1O. The molecule has 0 spiro atoms. The molecule has 0 bridgehead atoms. The van der Waals surface area contributed by atoms with Gasteiger partial charge in [-0.25, -0.2) is 15.0 Å². The van der Waals surface area contributed by atoms with Crippen molar-refractivity contribution in [3.05, 3.63) is 25.0 Å². The molecule has 9 nitrogen and oxygen atoms in total. The van der Waals surface area contributed by atoms with Crippen LogP contribution in [0.3, 0.4) is 0 Å². The fourth-order valence-electron chi connectivity index (χ4n) is 2.60. The first-order chi connectivity index (χ1) is 10.2. The Bertz CT molecular complexity index is 717. The van der Waals surface area contributed by atoms with E-state index in [9.17, 15) is 10.2 Å². The molecule has 110 valence electrons. The van der Waals surface area contributed by atoms with Crippen molar-refractivity contribution in [1.82, 2.24) is 19.5 Å². The summed E-state index contributed by atoms with van der Waals surface area (Å²) in [4.78, 5) is 12.1. The normalized spacial score (nSPS) is 34.9. The standard InChI is InChI=1S/C12H13N5O4/c13-10-6-11(15-3-14-10)17(4-16-6)12-8(19)7(18)9(21-12)5-1-2-20-5/h1-5,7-9,12,18-19H,(H2,13,14,15)/t5?,7-,8+,9+,12+/m0/s1. The second kappa shape index (κ2) is 4.38. The van der Waals surface area contributed by atoms with Gasteiger partial charge in [0, 0.05) is 0 Å². The highest BCUT2D eigenvalue weighted by Gasteiger charge is 2.48. The molecule has 1 fully saturated rings. The van der Waals surface area contributed by atoms with Gasteiger partial charge in [0.05, 0.1) is 12.6 Å². The molecule has 9 heteroatoms. The fraction of sp³-hybridized carbons (Fsp3) is 0.417. The highest BCUT2D eigenvalue weighted by molar-refractivity contribution is 5.81. The number of aliphatic hydroxyl groups excluding tert-OH is 2. The molecule has 1 saturated heterocycles. The zero-order valence-electron chi connectivity index (χ0n) is 10.8. The first-order valence-electron chi connectivity index (χ1n) is 6.43. The van der Waals surface area contributed by atoms with Gasteiger partial charge in [0.1, 0.15) is 36.3 Å². The first-order valence-corrected chi connectivity index (χ1v) is 6.43. The number of nitrogen functional groups attached to an aromatic ring is 1. The van der Waals surface area contributed by atoms with E-state index in [0.29, 0.717) is 11.2 Å². The maximum Gasteiger partial charge on any atom is 0.167 e. The number of aliphatic hydroxyl groups is 2. The Kier molecular flexibility index (Phi) is 2.61. The Labute approximate surface area is 118 Å². The monoisotopic (exact) mass is 291 g/mol. The second-order valence-corrected chi connectivity index (χ2v) is 4.98. The summed E-state index contributed by atoms with van der Waals surface area (Å²) < 4.78 is 12.4. The molecule has 0 aromatic carbocycles. The molecule has 5 atom stereocenters. The Morgan fingerprint density at radius 2 is 2.00 bits per heavy atom. The van der Waals surface area contributed by atoms with Crippen LogP contribution in [0.25, 0.3) is 11.2 Å². The largest absolute Gasteiger partial charge is 0.491 e. The number of nitrogens with zero attached hydrogens (tertiary/aromatic N) is 4. The number of nitrogens with two attached hydrogens (primary N) is 1. The van der Waals surface area contributed by atoms with Crippen LogP contribution in [0.4, 0.5) is 5.82 Å². The Balaban J connectivity index is 1.72. The van der Waals surface area contributed by atoms with Gasteiger partial charge in [-0.05, 0) is 6.08 Å². The third kappa shape index (κ3) is 1.71. The third-order valence-electron chi connectivity index (χ3n) is 3.76. The lowest BCUT2D eigenvalue weighted by Crippen LogP contribution is -2.40. The number of ether oxygens (including phenoxy) is 2. The van der Waals surface area contributed by atoms with Crippen LogP contribution in [0.15, 0.2) is 25.0 Å². The van der Waals surface area contributed by atoms with E-state index < -0.39 is 24.5 Å². The molecule has 21 heavy (non-hydrogen) atoms. The molecule has 0 aliphatic carbocycles. The average molecular weight is 291 g/mol. The van der Waals surface area contributed by atoms with Crippen molar-refractivity contribution in [2.75, 3.05) is 5.73 Å². The number of rotatable bonds is 2. The summed E-state index contributed by atoms with van der Waals surface area (Å²) in [5.41, 5.74) is 6.58. The number of aromatic nitrogens is 4. The highest BCUT2D eigenvalue weighted by atomic mass is 16.6. The van der Waals surface area contributed by atoms with E-state index in [1.807, 2.05) is 0 Å². The predicted molar refractivity (Wildman–Crippen MR) is 69.7 cm³/mol. The Morgan fingerprint density at radius 1 is 1.19 bits per heavy atom. The third-order valence-corrected chi connectivity index (χ3v) is 3.76. The van der Waals surface area contributed by atoms with E-state index in [-0.39, 0.29) is 11.9 Å². The van der Waals surface area contributed by atoms with Gasteiger partial charge in [0.15, 0.2) is 17.7 Å². The van der Waals surface area contributed by atoms with Crippen molar-refractivity contribution < 1.29 is 19.7 Å². The summed E-state index contributed by atoms with van der Waals surface area (Å²) in [5.74, 6) is 0.244. The van der Waals surface area contributed by atoms with Gasteiger partial charge < -0.3 is 25.4 Å². The minimum atomic E-state index is -1.12. The van der Waals surface area contributed by atoms with E-state index in [1.165, 1.54) is 23.5 Å². The summed E-state index contributed by atoms with van der Waals surface area (Å²) in [6.45, 7) is 0. The predicted octanol–water partition coefficient (Wildman–Crippen LogP) is -1.06. The van der Waals surface area contributed by atoms with Crippen LogP contribution in [0.2, 0.25) is 0 Å². The molecule has 4 heterocycles. The summed E-state index contributed by atoms with van der Waals surface area (Å²) in [5, 5.41) is 20.3. The summed E-state index contributed by atoms with van der Waals surface area (Å²) >= 11 is 0. The average Bonchev–Trinajstić information content (AvgIpc) is 2.95. The molecular formula is C12H13N5O4. The Hall–Kier alpha value is -2.23. The summed E-state index contributed by atoms with van der Waals surface area (Å²) in [7, 11) is 0. The molecule has 2 aliphatic rings. The molecule has 0 amide bonds. The van der Waals surface area contributed by atoms with Crippen LogP contribution in [-0.2, 0) is 9.47 Å². The molecule has 0 saturated carbocycles. The summed E-state index contributed by atoms with van der Waals surface area (Å²) in [6.07, 6.45) is 2.01. The maximum atomic E-state index is 10.2. The van der Waals surface area contributed by atoms with Crippen molar-refractivity contribution in [3.63, 3.8) is 0 Å². The van der Waals surface area contributed by atoms with E-state index in [2.05, 4.69) is 15.0 Å². The highest BCUT2D eigenvalue weighted by Crippen LogP contribution is 2.35. The number of hydrogen-bond donors (Lipinski definition) is 3. The van der Waals surface area contributed by atoms with Gasteiger partial charge in [-0.1, -0.05) is 0 Å². The van der Waals surface area contributed by atoms with Crippen molar-refractivity contribution in [3.8, 4) is 0 Å². The van der Waals surface area contributed by atoms with E-state index >= 15 is 0 Å². The molecule has 4 N–H and O–H groups in total.